The first kappa shape index (κ1) is 27.6. The molecule has 0 aliphatic carbocycles. The van der Waals surface area contributed by atoms with Crippen LogP contribution in [0.5, 0.6) is 0 Å². The standard InChI is InChI=1S/C30H34N2O5/c1-30(2,3)37-29(35)26(18-22-10-6-4-7-11-22)31-20-27(33)36-21-24-14-16-25(17-15-24)28(34)32-19-23-12-8-5-9-13-23/h4-17,26,31H,18-21H2,1-3H3,(H,32,34)/t26-/m0/s1. The van der Waals surface area contributed by atoms with Crippen molar-refractivity contribution in [3.63, 3.8) is 0 Å². The van der Waals surface area contributed by atoms with Gasteiger partial charge in [0, 0.05) is 12.1 Å². The number of ether oxygens (including phenoxy) is 2. The molecule has 0 aromatic heterocycles. The number of esters is 2. The molecule has 0 spiro atoms. The van der Waals surface area contributed by atoms with Crippen molar-refractivity contribution in [1.82, 2.24) is 10.6 Å². The number of rotatable bonds is 11. The van der Waals surface area contributed by atoms with Gasteiger partial charge in [0.2, 0.25) is 0 Å². The van der Waals surface area contributed by atoms with E-state index in [4.69, 9.17) is 9.47 Å². The first-order valence-corrected chi connectivity index (χ1v) is 12.3. The molecular weight excluding hydrogens is 468 g/mol. The second-order valence-electron chi connectivity index (χ2n) is 9.68. The third kappa shape index (κ3) is 9.89. The number of amides is 1. The molecule has 2 N–H and O–H groups in total. The maximum Gasteiger partial charge on any atom is 0.324 e. The Hall–Kier alpha value is -3.97. The van der Waals surface area contributed by atoms with Crippen LogP contribution in [0.3, 0.4) is 0 Å². The molecule has 0 aliphatic heterocycles. The number of carbonyl (C=O) groups is 3. The third-order valence-corrected chi connectivity index (χ3v) is 5.38. The molecular formula is C30H34N2O5. The summed E-state index contributed by atoms with van der Waals surface area (Å²) >= 11 is 0. The monoisotopic (exact) mass is 502 g/mol. The number of carbonyl (C=O) groups excluding carboxylic acids is 3. The fraction of sp³-hybridized carbons (Fsp3) is 0.300. The highest BCUT2D eigenvalue weighted by Crippen LogP contribution is 2.12. The molecule has 3 aromatic rings. The van der Waals surface area contributed by atoms with E-state index in [0.29, 0.717) is 18.5 Å². The highest BCUT2D eigenvalue weighted by atomic mass is 16.6. The normalized spacial score (nSPS) is 11.9. The number of hydrogen-bond donors (Lipinski definition) is 2. The Labute approximate surface area is 218 Å². The second kappa shape index (κ2) is 13.4. The summed E-state index contributed by atoms with van der Waals surface area (Å²) in [7, 11) is 0. The molecule has 3 rings (SSSR count). The fourth-order valence-electron chi connectivity index (χ4n) is 3.52. The van der Waals surface area contributed by atoms with Gasteiger partial charge < -0.3 is 14.8 Å². The Kier molecular flexibility index (Phi) is 9.98. The van der Waals surface area contributed by atoms with Crippen molar-refractivity contribution >= 4 is 17.8 Å². The summed E-state index contributed by atoms with van der Waals surface area (Å²) in [5.74, 6) is -1.10. The molecule has 0 bridgehead atoms. The molecule has 7 heteroatoms. The van der Waals surface area contributed by atoms with E-state index in [1.54, 1.807) is 45.0 Å². The number of nitrogens with one attached hydrogen (secondary N) is 2. The van der Waals surface area contributed by atoms with Crippen LogP contribution < -0.4 is 10.6 Å². The summed E-state index contributed by atoms with van der Waals surface area (Å²) in [5.41, 5.74) is 2.60. The Morgan fingerprint density at radius 3 is 1.97 bits per heavy atom. The van der Waals surface area contributed by atoms with Crippen molar-refractivity contribution in [2.24, 2.45) is 0 Å². The highest BCUT2D eigenvalue weighted by molar-refractivity contribution is 5.94. The first-order chi connectivity index (χ1) is 17.7. The van der Waals surface area contributed by atoms with E-state index in [1.807, 2.05) is 60.7 Å². The van der Waals surface area contributed by atoms with Crippen LogP contribution in [0.4, 0.5) is 0 Å². The predicted octanol–water partition coefficient (Wildman–Crippen LogP) is 4.20. The lowest BCUT2D eigenvalue weighted by Crippen LogP contribution is -2.45. The lowest BCUT2D eigenvalue weighted by Gasteiger charge is -2.24. The zero-order valence-corrected chi connectivity index (χ0v) is 21.5. The summed E-state index contributed by atoms with van der Waals surface area (Å²) in [6.45, 7) is 5.77. The molecule has 0 radical (unpaired) electrons. The van der Waals surface area contributed by atoms with Gasteiger partial charge in [-0.3, -0.25) is 19.7 Å². The van der Waals surface area contributed by atoms with Crippen LogP contribution in [0.2, 0.25) is 0 Å². The van der Waals surface area contributed by atoms with E-state index in [-0.39, 0.29) is 19.1 Å². The van der Waals surface area contributed by atoms with E-state index < -0.39 is 23.6 Å². The Balaban J connectivity index is 1.47. The van der Waals surface area contributed by atoms with Crippen LogP contribution >= 0.6 is 0 Å². The average Bonchev–Trinajstić information content (AvgIpc) is 2.89. The van der Waals surface area contributed by atoms with Gasteiger partial charge in [-0.1, -0.05) is 72.8 Å². The van der Waals surface area contributed by atoms with Crippen molar-refractivity contribution in [3.8, 4) is 0 Å². The van der Waals surface area contributed by atoms with Crippen molar-refractivity contribution in [1.29, 1.82) is 0 Å². The predicted molar refractivity (Wildman–Crippen MR) is 142 cm³/mol. The minimum atomic E-state index is -0.692. The lowest BCUT2D eigenvalue weighted by molar-refractivity contribution is -0.157. The van der Waals surface area contributed by atoms with Gasteiger partial charge in [0.25, 0.3) is 5.91 Å². The SMILES string of the molecule is CC(C)(C)OC(=O)[C@H](Cc1ccccc1)NCC(=O)OCc1ccc(C(=O)NCc2ccccc2)cc1. The van der Waals surface area contributed by atoms with Gasteiger partial charge >= 0.3 is 11.9 Å². The highest BCUT2D eigenvalue weighted by Gasteiger charge is 2.26. The molecule has 0 heterocycles. The van der Waals surface area contributed by atoms with Crippen LogP contribution in [0.25, 0.3) is 0 Å². The minimum Gasteiger partial charge on any atom is -0.460 e. The van der Waals surface area contributed by atoms with Crippen molar-refractivity contribution in [2.45, 2.75) is 52.0 Å². The van der Waals surface area contributed by atoms with Gasteiger partial charge in [0.1, 0.15) is 18.2 Å². The summed E-state index contributed by atoms with van der Waals surface area (Å²) in [4.78, 5) is 37.4. The summed E-state index contributed by atoms with van der Waals surface area (Å²) in [6, 6.07) is 25.4. The number of benzene rings is 3. The Morgan fingerprint density at radius 1 is 0.784 bits per heavy atom. The molecule has 0 aliphatic rings. The molecule has 0 saturated carbocycles. The van der Waals surface area contributed by atoms with Crippen molar-refractivity contribution in [2.75, 3.05) is 6.54 Å². The maximum absolute atomic E-state index is 12.7. The summed E-state index contributed by atoms with van der Waals surface area (Å²) in [6.07, 6.45) is 0.386. The smallest absolute Gasteiger partial charge is 0.324 e. The van der Waals surface area contributed by atoms with Crippen molar-refractivity contribution in [3.05, 3.63) is 107 Å². The summed E-state index contributed by atoms with van der Waals surface area (Å²) < 4.78 is 10.9. The van der Waals surface area contributed by atoms with E-state index in [0.717, 1.165) is 16.7 Å². The van der Waals surface area contributed by atoms with E-state index >= 15 is 0 Å². The van der Waals surface area contributed by atoms with Gasteiger partial charge in [0.15, 0.2) is 0 Å². The first-order valence-electron chi connectivity index (χ1n) is 12.3. The molecule has 7 nitrogen and oxygen atoms in total. The van der Waals surface area contributed by atoms with Gasteiger partial charge in [0.05, 0.1) is 6.54 Å². The van der Waals surface area contributed by atoms with Gasteiger partial charge in [-0.25, -0.2) is 0 Å². The minimum absolute atomic E-state index is 0.0578. The molecule has 1 amide bonds. The Bertz CT molecular complexity index is 1160. The summed E-state index contributed by atoms with van der Waals surface area (Å²) in [5, 5.41) is 5.86. The quantitative estimate of drug-likeness (QED) is 0.382. The maximum atomic E-state index is 12.7. The molecule has 37 heavy (non-hydrogen) atoms. The lowest BCUT2D eigenvalue weighted by atomic mass is 10.1. The van der Waals surface area contributed by atoms with Gasteiger partial charge in [-0.2, -0.15) is 0 Å². The van der Waals surface area contributed by atoms with Gasteiger partial charge in [-0.15, -0.1) is 0 Å². The molecule has 3 aromatic carbocycles. The largest absolute Gasteiger partial charge is 0.460 e. The van der Waals surface area contributed by atoms with Crippen molar-refractivity contribution < 1.29 is 23.9 Å². The molecule has 0 unspecified atom stereocenters. The van der Waals surface area contributed by atoms with E-state index in [1.165, 1.54) is 0 Å². The number of hydrogen-bond acceptors (Lipinski definition) is 6. The third-order valence-electron chi connectivity index (χ3n) is 5.38. The molecule has 1 atom stereocenters. The zero-order chi connectivity index (χ0) is 26.7. The fourth-order valence-corrected chi connectivity index (χ4v) is 3.52. The molecule has 0 saturated heterocycles. The topological polar surface area (TPSA) is 93.7 Å². The van der Waals surface area contributed by atoms with Crippen LogP contribution in [-0.4, -0.2) is 36.0 Å². The van der Waals surface area contributed by atoms with Crippen LogP contribution in [0.15, 0.2) is 84.9 Å². The van der Waals surface area contributed by atoms with Crippen LogP contribution in [0.1, 0.15) is 47.8 Å². The van der Waals surface area contributed by atoms with E-state index in [9.17, 15) is 14.4 Å². The molecule has 0 fully saturated rings. The zero-order valence-electron chi connectivity index (χ0n) is 21.5. The van der Waals surface area contributed by atoms with E-state index in [2.05, 4.69) is 10.6 Å². The van der Waals surface area contributed by atoms with Crippen LogP contribution in [-0.2, 0) is 38.6 Å². The average molecular weight is 503 g/mol. The molecule has 194 valence electrons. The van der Waals surface area contributed by atoms with Gasteiger partial charge in [-0.05, 0) is 56.0 Å². The Morgan fingerprint density at radius 2 is 1.38 bits per heavy atom. The second-order valence-corrected chi connectivity index (χ2v) is 9.68. The van der Waals surface area contributed by atoms with Crippen LogP contribution in [0, 0.1) is 0 Å².